The van der Waals surface area contributed by atoms with Crippen LogP contribution in [0.4, 0.5) is 0 Å². The second-order valence-corrected chi connectivity index (χ2v) is 14.6. The zero-order valence-corrected chi connectivity index (χ0v) is 22.7. The van der Waals surface area contributed by atoms with Crippen molar-refractivity contribution in [2.24, 2.45) is 57.2 Å². The van der Waals surface area contributed by atoms with Gasteiger partial charge in [-0.15, -0.1) is 0 Å². The average Bonchev–Trinajstić information content (AvgIpc) is 3.04. The van der Waals surface area contributed by atoms with Crippen LogP contribution in [0.25, 0.3) is 0 Å². The van der Waals surface area contributed by atoms with E-state index in [2.05, 4.69) is 48.5 Å². The first-order valence-electron chi connectivity index (χ1n) is 14.3. The summed E-state index contributed by atoms with van der Waals surface area (Å²) in [6, 6.07) is 0. The molecule has 0 amide bonds. The number of rotatable bonds is 6. The summed E-state index contributed by atoms with van der Waals surface area (Å²) in [5.41, 5.74) is -0.0432. The van der Waals surface area contributed by atoms with E-state index in [4.69, 9.17) is 0 Å². The van der Waals surface area contributed by atoms with Gasteiger partial charge >= 0.3 is 0 Å². The van der Waals surface area contributed by atoms with Crippen LogP contribution in [0.15, 0.2) is 0 Å². The van der Waals surface area contributed by atoms with Gasteiger partial charge in [0.25, 0.3) is 0 Å². The molecule has 4 rings (SSSR count). The topological polar surface area (TPSA) is 60.7 Å². The minimum Gasteiger partial charge on any atom is -0.396 e. The lowest BCUT2D eigenvalue weighted by atomic mass is 9.37. The Morgan fingerprint density at radius 2 is 1.58 bits per heavy atom. The van der Waals surface area contributed by atoms with Crippen molar-refractivity contribution < 1.29 is 15.3 Å². The molecule has 3 N–H and O–H groups in total. The van der Waals surface area contributed by atoms with Gasteiger partial charge in [-0.3, -0.25) is 0 Å². The molecule has 3 heteroatoms. The second-order valence-electron chi connectivity index (χ2n) is 14.6. The second kappa shape index (κ2) is 8.77. The van der Waals surface area contributed by atoms with Crippen LogP contribution in [0.5, 0.6) is 0 Å². The molecule has 0 spiro atoms. The van der Waals surface area contributed by atoms with Crippen molar-refractivity contribution in [3.05, 3.63) is 0 Å². The zero-order chi connectivity index (χ0) is 24.4. The third-order valence-corrected chi connectivity index (χ3v) is 12.5. The molecule has 33 heavy (non-hydrogen) atoms. The Morgan fingerprint density at radius 1 is 0.879 bits per heavy atom. The van der Waals surface area contributed by atoms with Gasteiger partial charge in [0, 0.05) is 12.0 Å². The standard InChI is InChI=1S/C30H54O3/c1-19(2)9-8-10-20(3)21-13-16-29(7)22-11-12-24-27(4,5)25(33)14-15-28(24,6)26(22)23(32)17-30(21,29)18-31/h19-26,31-33H,8-18H2,1-7H3/t20-,21-,22-,23+,24+,25+,26-,28+,29+,30+/m1/s1. The Hall–Kier alpha value is -0.120. The average molecular weight is 463 g/mol. The van der Waals surface area contributed by atoms with Crippen LogP contribution in [0, 0.1) is 57.2 Å². The van der Waals surface area contributed by atoms with E-state index >= 15 is 0 Å². The van der Waals surface area contributed by atoms with Crippen LogP contribution in [0.2, 0.25) is 0 Å². The summed E-state index contributed by atoms with van der Waals surface area (Å²) >= 11 is 0. The third kappa shape index (κ3) is 3.69. The highest BCUT2D eigenvalue weighted by Gasteiger charge is 2.70. The first-order chi connectivity index (χ1) is 15.3. The minimum absolute atomic E-state index is 0.0800. The zero-order valence-electron chi connectivity index (χ0n) is 22.7. The molecule has 0 radical (unpaired) electrons. The predicted octanol–water partition coefficient (Wildman–Crippen LogP) is 6.44. The molecule has 4 saturated carbocycles. The van der Waals surface area contributed by atoms with Gasteiger partial charge in [-0.25, -0.2) is 0 Å². The molecule has 4 aliphatic rings. The Balaban J connectivity index is 1.64. The normalized spacial score (nSPS) is 49.9. The van der Waals surface area contributed by atoms with Gasteiger partial charge < -0.3 is 15.3 Å². The molecule has 0 unspecified atom stereocenters. The Kier molecular flexibility index (Phi) is 6.90. The molecule has 0 aromatic heterocycles. The SMILES string of the molecule is CC(C)CCC[C@@H](C)[C@H]1CC[C@@]2(C)[C@@H]3CC[C@H]4C(C)(C)[C@@H](O)CC[C@]4(C)[C@H]3[C@@H](O)C[C@]12CO. The largest absolute Gasteiger partial charge is 0.396 e. The fraction of sp³-hybridized carbons (Fsp3) is 1.00. The Bertz CT molecular complexity index is 703. The van der Waals surface area contributed by atoms with E-state index in [1.165, 1.54) is 32.1 Å². The molecule has 0 heterocycles. The summed E-state index contributed by atoms with van der Waals surface area (Å²) in [5, 5.41) is 33.7. The smallest absolute Gasteiger partial charge is 0.0594 e. The van der Waals surface area contributed by atoms with E-state index in [1.54, 1.807) is 0 Å². The summed E-state index contributed by atoms with van der Waals surface area (Å²) in [6.45, 7) is 16.8. The van der Waals surface area contributed by atoms with E-state index in [1.807, 2.05) is 0 Å². The highest BCUT2D eigenvalue weighted by atomic mass is 16.3. The van der Waals surface area contributed by atoms with Crippen LogP contribution in [0.1, 0.15) is 113 Å². The van der Waals surface area contributed by atoms with Crippen LogP contribution in [0.3, 0.4) is 0 Å². The van der Waals surface area contributed by atoms with Gasteiger partial charge in [0.2, 0.25) is 0 Å². The van der Waals surface area contributed by atoms with E-state index in [-0.39, 0.29) is 40.5 Å². The van der Waals surface area contributed by atoms with E-state index in [0.717, 1.165) is 38.0 Å². The fourth-order valence-electron chi connectivity index (χ4n) is 10.7. The molecule has 3 nitrogen and oxygen atoms in total. The van der Waals surface area contributed by atoms with Crippen molar-refractivity contribution >= 4 is 0 Å². The molecular weight excluding hydrogens is 408 g/mol. The van der Waals surface area contributed by atoms with Crippen LogP contribution in [-0.4, -0.2) is 34.1 Å². The molecule has 4 fully saturated rings. The van der Waals surface area contributed by atoms with Crippen LogP contribution in [-0.2, 0) is 0 Å². The molecule has 0 aliphatic heterocycles. The molecule has 192 valence electrons. The van der Waals surface area contributed by atoms with E-state index < -0.39 is 0 Å². The number of aliphatic hydroxyl groups is 3. The fourth-order valence-corrected chi connectivity index (χ4v) is 10.7. The first-order valence-corrected chi connectivity index (χ1v) is 14.3. The maximum absolute atomic E-state index is 11.9. The monoisotopic (exact) mass is 462 g/mol. The van der Waals surface area contributed by atoms with E-state index in [9.17, 15) is 15.3 Å². The lowest BCUT2D eigenvalue weighted by molar-refractivity contribution is -0.243. The summed E-state index contributed by atoms with van der Waals surface area (Å²) < 4.78 is 0. The third-order valence-electron chi connectivity index (χ3n) is 12.5. The minimum atomic E-state index is -0.336. The molecule has 0 aromatic rings. The van der Waals surface area contributed by atoms with Crippen molar-refractivity contribution in [2.45, 2.75) is 125 Å². The van der Waals surface area contributed by atoms with Gasteiger partial charge in [-0.1, -0.05) is 67.7 Å². The molecule has 0 bridgehead atoms. The van der Waals surface area contributed by atoms with Gasteiger partial charge in [-0.05, 0) is 96.7 Å². The summed E-state index contributed by atoms with van der Waals surface area (Å²) in [7, 11) is 0. The van der Waals surface area contributed by atoms with Gasteiger partial charge in [0.15, 0.2) is 0 Å². The number of aliphatic hydroxyl groups excluding tert-OH is 3. The predicted molar refractivity (Wildman–Crippen MR) is 136 cm³/mol. The summed E-state index contributed by atoms with van der Waals surface area (Å²) in [6.07, 6.45) is 10.6. The number of fused-ring (bicyclic) bond motifs is 5. The molecule has 10 atom stereocenters. The molecule has 4 aliphatic carbocycles. The number of hydrogen-bond acceptors (Lipinski definition) is 3. The maximum atomic E-state index is 11.9. The van der Waals surface area contributed by atoms with Gasteiger partial charge in [0.05, 0.1) is 12.2 Å². The summed E-state index contributed by atoms with van der Waals surface area (Å²) in [4.78, 5) is 0. The first kappa shape index (κ1) is 26.0. The van der Waals surface area contributed by atoms with Crippen LogP contribution < -0.4 is 0 Å². The van der Waals surface area contributed by atoms with Crippen molar-refractivity contribution in [1.29, 1.82) is 0 Å². The lowest BCUT2D eigenvalue weighted by Gasteiger charge is -2.68. The molecule has 0 saturated heterocycles. The van der Waals surface area contributed by atoms with Crippen LogP contribution >= 0.6 is 0 Å². The van der Waals surface area contributed by atoms with Gasteiger partial charge in [0.1, 0.15) is 0 Å². The van der Waals surface area contributed by atoms with Crippen molar-refractivity contribution in [2.75, 3.05) is 6.61 Å². The van der Waals surface area contributed by atoms with Crippen molar-refractivity contribution in [1.82, 2.24) is 0 Å². The van der Waals surface area contributed by atoms with Gasteiger partial charge in [-0.2, -0.15) is 0 Å². The van der Waals surface area contributed by atoms with E-state index in [0.29, 0.717) is 29.6 Å². The van der Waals surface area contributed by atoms with Crippen molar-refractivity contribution in [3.8, 4) is 0 Å². The Morgan fingerprint density at radius 3 is 2.21 bits per heavy atom. The maximum Gasteiger partial charge on any atom is 0.0594 e. The summed E-state index contributed by atoms with van der Waals surface area (Å²) in [5.74, 6) is 3.12. The lowest BCUT2D eigenvalue weighted by Crippen LogP contribution is -2.66. The quantitative estimate of drug-likeness (QED) is 0.426. The van der Waals surface area contributed by atoms with Crippen molar-refractivity contribution in [3.63, 3.8) is 0 Å². The molecular formula is C30H54O3. The highest BCUT2D eigenvalue weighted by molar-refractivity contribution is 5.19. The highest BCUT2D eigenvalue weighted by Crippen LogP contribution is 2.74. The number of hydrogen-bond donors (Lipinski definition) is 3. The Labute approximate surface area is 204 Å². The molecule has 0 aromatic carbocycles.